The van der Waals surface area contributed by atoms with Crippen LogP contribution in [0, 0.1) is 5.92 Å². The minimum Gasteiger partial charge on any atom is -0.354 e. The third-order valence-electron chi connectivity index (χ3n) is 4.02. The molecule has 2 N–H and O–H groups in total. The average Bonchev–Trinajstić information content (AvgIpc) is 2.91. The molecule has 1 amide bonds. The first kappa shape index (κ1) is 13.8. The first-order valence-electron chi connectivity index (χ1n) is 7.49. The molecule has 18 heavy (non-hydrogen) atoms. The lowest BCUT2D eigenvalue weighted by atomic mass is 10.1. The molecule has 0 aromatic carbocycles. The van der Waals surface area contributed by atoms with E-state index in [1.807, 2.05) is 0 Å². The summed E-state index contributed by atoms with van der Waals surface area (Å²) >= 11 is 0. The number of rotatable bonds is 5. The summed E-state index contributed by atoms with van der Waals surface area (Å²) < 4.78 is 0. The summed E-state index contributed by atoms with van der Waals surface area (Å²) in [6.07, 6.45) is 6.18. The summed E-state index contributed by atoms with van der Waals surface area (Å²) in [7, 11) is 0. The Morgan fingerprint density at radius 3 is 2.78 bits per heavy atom. The molecule has 2 fully saturated rings. The second-order valence-corrected chi connectivity index (χ2v) is 5.86. The monoisotopic (exact) mass is 253 g/mol. The van der Waals surface area contributed by atoms with Gasteiger partial charge >= 0.3 is 0 Å². The number of piperidine rings is 1. The van der Waals surface area contributed by atoms with Crippen LogP contribution in [0.2, 0.25) is 0 Å². The van der Waals surface area contributed by atoms with Gasteiger partial charge in [0, 0.05) is 13.1 Å². The van der Waals surface area contributed by atoms with Crippen LogP contribution in [0.4, 0.5) is 0 Å². The molecule has 2 saturated heterocycles. The van der Waals surface area contributed by atoms with E-state index < -0.39 is 0 Å². The first-order valence-corrected chi connectivity index (χ1v) is 7.49. The van der Waals surface area contributed by atoms with Crippen molar-refractivity contribution in [3.63, 3.8) is 0 Å². The lowest BCUT2D eigenvalue weighted by Crippen LogP contribution is -2.43. The molecule has 2 aliphatic heterocycles. The molecule has 4 nitrogen and oxygen atoms in total. The molecular formula is C14H27N3O. The van der Waals surface area contributed by atoms with Crippen molar-refractivity contribution >= 4 is 5.91 Å². The van der Waals surface area contributed by atoms with Crippen LogP contribution < -0.4 is 10.6 Å². The van der Waals surface area contributed by atoms with E-state index in [1.165, 1.54) is 32.4 Å². The van der Waals surface area contributed by atoms with E-state index >= 15 is 0 Å². The Morgan fingerprint density at radius 2 is 2.11 bits per heavy atom. The van der Waals surface area contributed by atoms with Crippen LogP contribution in [0.1, 0.15) is 39.0 Å². The second kappa shape index (κ2) is 7.10. The van der Waals surface area contributed by atoms with Crippen molar-refractivity contribution in [3.05, 3.63) is 0 Å². The molecule has 2 aliphatic rings. The van der Waals surface area contributed by atoms with Gasteiger partial charge in [0.2, 0.25) is 5.91 Å². The van der Waals surface area contributed by atoms with E-state index in [9.17, 15) is 4.79 Å². The number of hydrogen-bond donors (Lipinski definition) is 2. The van der Waals surface area contributed by atoms with Gasteiger partial charge in [0.05, 0.1) is 6.04 Å². The van der Waals surface area contributed by atoms with E-state index in [4.69, 9.17) is 0 Å². The molecule has 0 spiro atoms. The van der Waals surface area contributed by atoms with Crippen molar-refractivity contribution < 1.29 is 4.79 Å². The molecule has 0 aromatic heterocycles. The minimum atomic E-state index is 0.0622. The molecule has 0 saturated carbocycles. The number of carbonyl (C=O) groups is 1. The van der Waals surface area contributed by atoms with Crippen molar-refractivity contribution in [2.45, 2.75) is 45.1 Å². The maximum Gasteiger partial charge on any atom is 0.237 e. The van der Waals surface area contributed by atoms with E-state index in [0.717, 1.165) is 32.5 Å². The first-order chi connectivity index (χ1) is 8.75. The molecule has 1 unspecified atom stereocenters. The summed E-state index contributed by atoms with van der Waals surface area (Å²) in [5, 5.41) is 6.32. The normalized spacial score (nSPS) is 27.1. The highest BCUT2D eigenvalue weighted by Crippen LogP contribution is 2.11. The average molecular weight is 253 g/mol. The third kappa shape index (κ3) is 4.25. The van der Waals surface area contributed by atoms with Gasteiger partial charge in [-0.25, -0.2) is 0 Å². The smallest absolute Gasteiger partial charge is 0.237 e. The maximum absolute atomic E-state index is 11.9. The van der Waals surface area contributed by atoms with Crippen LogP contribution >= 0.6 is 0 Å². The Kier molecular flexibility index (Phi) is 5.45. The standard InChI is InChI=1S/C14H27N3O/c1-12(11-17-8-3-2-4-9-17)10-16-14(18)13-6-5-7-15-13/h12-13,15H,2-11H2,1H3,(H,16,18)/t12?,13-/m1/s1. The highest BCUT2D eigenvalue weighted by Gasteiger charge is 2.22. The quantitative estimate of drug-likeness (QED) is 0.767. The van der Waals surface area contributed by atoms with Gasteiger partial charge in [0.15, 0.2) is 0 Å². The Morgan fingerprint density at radius 1 is 1.33 bits per heavy atom. The fourth-order valence-corrected chi connectivity index (χ4v) is 2.95. The minimum absolute atomic E-state index is 0.0622. The van der Waals surface area contributed by atoms with Crippen molar-refractivity contribution in [3.8, 4) is 0 Å². The summed E-state index contributed by atoms with van der Waals surface area (Å²) in [5.74, 6) is 0.742. The second-order valence-electron chi connectivity index (χ2n) is 5.86. The Bertz CT molecular complexity index is 258. The fourth-order valence-electron chi connectivity index (χ4n) is 2.95. The third-order valence-corrected chi connectivity index (χ3v) is 4.02. The van der Waals surface area contributed by atoms with Crippen molar-refractivity contribution in [1.82, 2.24) is 15.5 Å². The molecule has 4 heteroatoms. The Hall–Kier alpha value is -0.610. The van der Waals surface area contributed by atoms with Gasteiger partial charge in [-0.3, -0.25) is 4.79 Å². The Labute approximate surface area is 110 Å². The molecular weight excluding hydrogens is 226 g/mol. The van der Waals surface area contributed by atoms with Gasteiger partial charge in [0.25, 0.3) is 0 Å². The predicted molar refractivity (Wildman–Crippen MR) is 73.5 cm³/mol. The zero-order chi connectivity index (χ0) is 12.8. The number of likely N-dealkylation sites (tertiary alicyclic amines) is 1. The molecule has 104 valence electrons. The predicted octanol–water partition coefficient (Wildman–Crippen LogP) is 0.977. The summed E-state index contributed by atoms with van der Waals surface area (Å²) in [6, 6.07) is 0.0622. The van der Waals surface area contributed by atoms with Crippen molar-refractivity contribution in [1.29, 1.82) is 0 Å². The summed E-state index contributed by atoms with van der Waals surface area (Å²) in [5.41, 5.74) is 0. The SMILES string of the molecule is CC(CNC(=O)[C@H]1CCCN1)CN1CCCCC1. The van der Waals surface area contributed by atoms with Gasteiger partial charge in [-0.05, 0) is 51.2 Å². The van der Waals surface area contributed by atoms with Gasteiger partial charge in [0.1, 0.15) is 0 Å². The summed E-state index contributed by atoms with van der Waals surface area (Å²) in [6.45, 7) is 7.63. The van der Waals surface area contributed by atoms with E-state index in [0.29, 0.717) is 5.92 Å². The lowest BCUT2D eigenvalue weighted by molar-refractivity contribution is -0.122. The largest absolute Gasteiger partial charge is 0.354 e. The summed E-state index contributed by atoms with van der Waals surface area (Å²) in [4.78, 5) is 14.4. The van der Waals surface area contributed by atoms with Crippen LogP contribution in [0.3, 0.4) is 0 Å². The van der Waals surface area contributed by atoms with Crippen molar-refractivity contribution in [2.75, 3.05) is 32.7 Å². The van der Waals surface area contributed by atoms with Crippen LogP contribution in [-0.2, 0) is 4.79 Å². The number of nitrogens with zero attached hydrogens (tertiary/aromatic N) is 1. The van der Waals surface area contributed by atoms with Gasteiger partial charge < -0.3 is 15.5 Å². The molecule has 0 bridgehead atoms. The van der Waals surface area contributed by atoms with Gasteiger partial charge in [-0.1, -0.05) is 13.3 Å². The van der Waals surface area contributed by atoms with Crippen molar-refractivity contribution in [2.24, 2.45) is 5.92 Å². The number of nitrogens with one attached hydrogen (secondary N) is 2. The molecule has 0 radical (unpaired) electrons. The Balaban J connectivity index is 1.61. The highest BCUT2D eigenvalue weighted by atomic mass is 16.2. The molecule has 0 aromatic rings. The molecule has 2 atom stereocenters. The van der Waals surface area contributed by atoms with Crippen LogP contribution in [0.15, 0.2) is 0 Å². The lowest BCUT2D eigenvalue weighted by Gasteiger charge is -2.29. The number of amides is 1. The van der Waals surface area contributed by atoms with E-state index in [1.54, 1.807) is 0 Å². The topological polar surface area (TPSA) is 44.4 Å². The van der Waals surface area contributed by atoms with Gasteiger partial charge in [-0.15, -0.1) is 0 Å². The molecule has 0 aliphatic carbocycles. The molecule has 2 rings (SSSR count). The highest BCUT2D eigenvalue weighted by molar-refractivity contribution is 5.81. The zero-order valence-corrected chi connectivity index (χ0v) is 11.6. The van der Waals surface area contributed by atoms with Gasteiger partial charge in [-0.2, -0.15) is 0 Å². The van der Waals surface area contributed by atoms with E-state index in [-0.39, 0.29) is 11.9 Å². The van der Waals surface area contributed by atoms with E-state index in [2.05, 4.69) is 22.5 Å². The van der Waals surface area contributed by atoms with Crippen LogP contribution in [0.5, 0.6) is 0 Å². The molecule has 2 heterocycles. The zero-order valence-electron chi connectivity index (χ0n) is 11.6. The number of hydrogen-bond acceptors (Lipinski definition) is 3. The maximum atomic E-state index is 11.9. The fraction of sp³-hybridized carbons (Fsp3) is 0.929. The number of carbonyl (C=O) groups excluding carboxylic acids is 1. The van der Waals surface area contributed by atoms with Crippen LogP contribution in [-0.4, -0.2) is 49.6 Å². The van der Waals surface area contributed by atoms with Crippen LogP contribution in [0.25, 0.3) is 0 Å².